The highest BCUT2D eigenvalue weighted by atomic mass is 16.2. The van der Waals surface area contributed by atoms with Gasteiger partial charge in [-0.15, -0.1) is 0 Å². The van der Waals surface area contributed by atoms with Crippen molar-refractivity contribution in [1.29, 1.82) is 0 Å². The lowest BCUT2D eigenvalue weighted by Gasteiger charge is -2.20. The molecular formula is C24H23N3O3. The van der Waals surface area contributed by atoms with Crippen LogP contribution in [0.25, 0.3) is 22.2 Å². The molecule has 1 aliphatic carbocycles. The number of aromatic nitrogens is 1. The molecule has 6 nitrogen and oxygen atoms in total. The number of nitrogens with one attached hydrogen (secondary N) is 1. The molecular weight excluding hydrogens is 378 g/mol. The molecule has 0 spiro atoms. The fourth-order valence-electron chi connectivity index (χ4n) is 4.63. The van der Waals surface area contributed by atoms with Crippen LogP contribution < -0.4 is 5.32 Å². The minimum absolute atomic E-state index is 0.159. The van der Waals surface area contributed by atoms with Gasteiger partial charge in [-0.05, 0) is 37.3 Å². The summed E-state index contributed by atoms with van der Waals surface area (Å²) in [6, 6.07) is 16.9. The first kappa shape index (κ1) is 18.6. The minimum atomic E-state index is -0.890. The van der Waals surface area contributed by atoms with Crippen LogP contribution >= 0.6 is 0 Å². The van der Waals surface area contributed by atoms with Gasteiger partial charge >= 0.3 is 6.03 Å². The third kappa shape index (κ3) is 2.67. The van der Waals surface area contributed by atoms with Gasteiger partial charge in [-0.2, -0.15) is 0 Å². The van der Waals surface area contributed by atoms with Crippen molar-refractivity contribution in [3.8, 4) is 11.3 Å². The predicted octanol–water partition coefficient (Wildman–Crippen LogP) is 3.75. The minimum Gasteiger partial charge on any atom is -0.343 e. The Morgan fingerprint density at radius 2 is 1.73 bits per heavy atom. The van der Waals surface area contributed by atoms with Crippen LogP contribution in [0.1, 0.15) is 30.1 Å². The number of hydrogen-bond acceptors (Lipinski definition) is 3. The van der Waals surface area contributed by atoms with Crippen molar-refractivity contribution in [3.05, 3.63) is 60.2 Å². The molecule has 1 saturated carbocycles. The summed E-state index contributed by atoms with van der Waals surface area (Å²) in [7, 11) is 1.93. The van der Waals surface area contributed by atoms with Gasteiger partial charge in [0.05, 0.1) is 17.8 Å². The Kier molecular flexibility index (Phi) is 4.07. The van der Waals surface area contributed by atoms with Crippen LogP contribution in [0.2, 0.25) is 0 Å². The van der Waals surface area contributed by atoms with Crippen LogP contribution in [0, 0.1) is 5.92 Å². The summed E-state index contributed by atoms with van der Waals surface area (Å²) in [5.74, 6) is -0.384. The van der Waals surface area contributed by atoms with Gasteiger partial charge in [-0.25, -0.2) is 4.79 Å². The smallest absolute Gasteiger partial charge is 0.325 e. The van der Waals surface area contributed by atoms with E-state index < -0.39 is 11.6 Å². The normalized spacial score (nSPS) is 21.3. The van der Waals surface area contributed by atoms with E-state index in [0.29, 0.717) is 5.56 Å². The van der Waals surface area contributed by atoms with Crippen molar-refractivity contribution in [2.45, 2.75) is 25.3 Å². The maximum Gasteiger partial charge on any atom is 0.325 e. The molecule has 152 valence electrons. The van der Waals surface area contributed by atoms with E-state index in [1.165, 1.54) is 0 Å². The summed E-state index contributed by atoms with van der Waals surface area (Å²) in [4.78, 5) is 40.2. The first-order valence-corrected chi connectivity index (χ1v) is 10.2. The van der Waals surface area contributed by atoms with E-state index in [2.05, 4.69) is 5.32 Å². The molecule has 30 heavy (non-hydrogen) atoms. The van der Waals surface area contributed by atoms with E-state index in [4.69, 9.17) is 0 Å². The molecule has 1 unspecified atom stereocenters. The zero-order valence-electron chi connectivity index (χ0n) is 17.0. The molecule has 2 heterocycles. The van der Waals surface area contributed by atoms with Crippen LogP contribution in [0.4, 0.5) is 4.79 Å². The fraction of sp³-hybridized carbons (Fsp3) is 0.292. The number of fused-ring (bicyclic) bond motifs is 1. The number of benzene rings is 2. The first-order chi connectivity index (χ1) is 14.4. The number of para-hydroxylation sites is 1. The molecule has 3 amide bonds. The molecule has 6 heteroatoms. The van der Waals surface area contributed by atoms with Crippen molar-refractivity contribution in [2.75, 3.05) is 6.54 Å². The van der Waals surface area contributed by atoms with E-state index >= 15 is 0 Å². The average molecular weight is 401 g/mol. The molecule has 1 atom stereocenters. The molecule has 2 fully saturated rings. The number of carbonyl (C=O) groups is 3. The zero-order valence-corrected chi connectivity index (χ0v) is 17.0. The molecule has 1 N–H and O–H groups in total. The van der Waals surface area contributed by atoms with Crippen molar-refractivity contribution < 1.29 is 14.4 Å². The van der Waals surface area contributed by atoms with E-state index in [-0.39, 0.29) is 24.2 Å². The second-order valence-electron chi connectivity index (χ2n) is 8.39. The monoisotopic (exact) mass is 401 g/mol. The van der Waals surface area contributed by atoms with E-state index in [1.807, 2.05) is 66.2 Å². The van der Waals surface area contributed by atoms with Gasteiger partial charge in [-0.1, -0.05) is 48.5 Å². The van der Waals surface area contributed by atoms with Crippen molar-refractivity contribution in [2.24, 2.45) is 13.0 Å². The van der Waals surface area contributed by atoms with Gasteiger partial charge in [-0.3, -0.25) is 14.5 Å². The Hall–Kier alpha value is -3.41. The predicted molar refractivity (Wildman–Crippen MR) is 114 cm³/mol. The largest absolute Gasteiger partial charge is 0.343 e. The highest BCUT2D eigenvalue weighted by Crippen LogP contribution is 2.43. The number of imide groups is 1. The SMILES string of the molecule is Cn1c(-c2ccccc2)c(C(=O)CN2C(=O)NC(C)(C3CC3)C2=O)c2ccccc21. The maximum absolute atomic E-state index is 13.5. The third-order valence-corrected chi connectivity index (χ3v) is 6.43. The molecule has 2 aliphatic rings. The quantitative estimate of drug-likeness (QED) is 0.523. The number of amides is 3. The lowest BCUT2D eigenvalue weighted by molar-refractivity contribution is -0.131. The van der Waals surface area contributed by atoms with Crippen LogP contribution in [0.3, 0.4) is 0 Å². The number of ketones is 1. The summed E-state index contributed by atoms with van der Waals surface area (Å²) >= 11 is 0. The number of nitrogens with zero attached hydrogens (tertiary/aromatic N) is 2. The van der Waals surface area contributed by atoms with Crippen LogP contribution in [0.5, 0.6) is 0 Å². The lowest BCUT2D eigenvalue weighted by atomic mass is 9.96. The van der Waals surface area contributed by atoms with Crippen molar-refractivity contribution in [3.63, 3.8) is 0 Å². The van der Waals surface area contributed by atoms with E-state index in [9.17, 15) is 14.4 Å². The standard InChI is InChI=1S/C24H23N3O3/c1-24(16-12-13-16)22(29)27(23(30)25-24)14-19(28)20-17-10-6-7-11-18(17)26(2)21(20)15-8-4-3-5-9-15/h3-11,16H,12-14H2,1-2H3,(H,25,30). The maximum atomic E-state index is 13.5. The molecule has 2 aromatic carbocycles. The highest BCUT2D eigenvalue weighted by Gasteiger charge is 2.56. The molecule has 1 saturated heterocycles. The number of aryl methyl sites for hydroxylation is 1. The Morgan fingerprint density at radius 1 is 1.07 bits per heavy atom. The Balaban J connectivity index is 1.57. The van der Waals surface area contributed by atoms with Gasteiger partial charge in [0.1, 0.15) is 5.54 Å². The molecule has 0 bridgehead atoms. The Labute approximate surface area is 174 Å². The summed E-state index contributed by atoms with van der Waals surface area (Å²) < 4.78 is 2.00. The topological polar surface area (TPSA) is 71.4 Å². The van der Waals surface area contributed by atoms with E-state index in [1.54, 1.807) is 6.92 Å². The molecule has 3 aromatic rings. The highest BCUT2D eigenvalue weighted by molar-refractivity contribution is 6.17. The van der Waals surface area contributed by atoms with Crippen LogP contribution in [0.15, 0.2) is 54.6 Å². The van der Waals surface area contributed by atoms with Crippen molar-refractivity contribution >= 4 is 28.6 Å². The summed E-state index contributed by atoms with van der Waals surface area (Å²) in [5, 5.41) is 3.64. The molecule has 1 aromatic heterocycles. The molecule has 1 aliphatic heterocycles. The number of Topliss-reactive ketones (excluding diaryl/α,β-unsaturated/α-hetero) is 1. The van der Waals surface area contributed by atoms with E-state index in [0.717, 1.165) is 39.9 Å². The van der Waals surface area contributed by atoms with Gasteiger partial charge in [0.15, 0.2) is 5.78 Å². The summed E-state index contributed by atoms with van der Waals surface area (Å²) in [5.41, 5.74) is 2.29. The summed E-state index contributed by atoms with van der Waals surface area (Å²) in [6.45, 7) is 1.50. The molecule has 0 radical (unpaired) electrons. The second-order valence-corrected chi connectivity index (χ2v) is 8.39. The van der Waals surface area contributed by atoms with Gasteiger partial charge in [0, 0.05) is 18.0 Å². The second kappa shape index (κ2) is 6.55. The van der Waals surface area contributed by atoms with Crippen LogP contribution in [-0.4, -0.2) is 39.3 Å². The number of carbonyl (C=O) groups excluding carboxylic acids is 3. The average Bonchev–Trinajstić information content (AvgIpc) is 3.53. The van der Waals surface area contributed by atoms with Crippen LogP contribution in [-0.2, 0) is 11.8 Å². The summed E-state index contributed by atoms with van der Waals surface area (Å²) in [6.07, 6.45) is 1.84. The lowest BCUT2D eigenvalue weighted by Crippen LogP contribution is -2.46. The van der Waals surface area contributed by atoms with Gasteiger partial charge < -0.3 is 9.88 Å². The first-order valence-electron chi connectivity index (χ1n) is 10.2. The third-order valence-electron chi connectivity index (χ3n) is 6.43. The fourth-order valence-corrected chi connectivity index (χ4v) is 4.63. The Bertz CT molecular complexity index is 1190. The molecule has 5 rings (SSSR count). The number of rotatable bonds is 5. The number of hydrogen-bond donors (Lipinski definition) is 1. The van der Waals surface area contributed by atoms with Crippen molar-refractivity contribution in [1.82, 2.24) is 14.8 Å². The van der Waals surface area contributed by atoms with Gasteiger partial charge in [0.2, 0.25) is 0 Å². The Morgan fingerprint density at radius 3 is 2.43 bits per heavy atom. The number of urea groups is 1. The van der Waals surface area contributed by atoms with Gasteiger partial charge in [0.25, 0.3) is 5.91 Å². The zero-order chi connectivity index (χ0) is 21.0.